The monoisotopic (exact) mass is 523 g/mol. The number of benzene rings is 2. The van der Waals surface area contributed by atoms with Gasteiger partial charge in [0.15, 0.2) is 0 Å². The quantitative estimate of drug-likeness (QED) is 0.430. The van der Waals surface area contributed by atoms with Crippen molar-refractivity contribution in [1.82, 2.24) is 10.2 Å². The minimum atomic E-state index is -3.57. The van der Waals surface area contributed by atoms with Crippen LogP contribution in [0.4, 0.5) is 5.69 Å². The third-order valence-electron chi connectivity index (χ3n) is 5.55. The molecule has 0 aromatic heterocycles. The molecule has 8 nitrogen and oxygen atoms in total. The molecular formula is C25H34ClN3O5S. The van der Waals surface area contributed by atoms with E-state index in [1.807, 2.05) is 26.0 Å². The van der Waals surface area contributed by atoms with Gasteiger partial charge in [-0.05, 0) is 55.7 Å². The summed E-state index contributed by atoms with van der Waals surface area (Å²) < 4.78 is 31.2. The smallest absolute Gasteiger partial charge is 0.242 e. The van der Waals surface area contributed by atoms with Gasteiger partial charge in [0.25, 0.3) is 0 Å². The number of nitrogens with zero attached hydrogens (tertiary/aromatic N) is 2. The number of halogens is 1. The number of hydrogen-bond donors (Lipinski definition) is 1. The summed E-state index contributed by atoms with van der Waals surface area (Å²) in [5.41, 5.74) is 1.23. The van der Waals surface area contributed by atoms with E-state index in [0.29, 0.717) is 29.4 Å². The van der Waals surface area contributed by atoms with Crippen molar-refractivity contribution in [3.05, 3.63) is 59.1 Å². The first kappa shape index (κ1) is 28.5. The van der Waals surface area contributed by atoms with Crippen LogP contribution in [0.1, 0.15) is 38.7 Å². The molecule has 35 heavy (non-hydrogen) atoms. The molecule has 2 amide bonds. The van der Waals surface area contributed by atoms with Crippen molar-refractivity contribution in [3.63, 3.8) is 0 Å². The molecule has 1 N–H and O–H groups in total. The topological polar surface area (TPSA) is 96.0 Å². The minimum Gasteiger partial charge on any atom is -0.497 e. The van der Waals surface area contributed by atoms with E-state index < -0.39 is 16.1 Å². The van der Waals surface area contributed by atoms with Gasteiger partial charge >= 0.3 is 0 Å². The maximum Gasteiger partial charge on any atom is 0.242 e. The number of likely N-dealkylation sites (N-methyl/N-ethyl adjacent to an activating group) is 1. The maximum atomic E-state index is 13.3. The van der Waals surface area contributed by atoms with E-state index in [4.69, 9.17) is 16.3 Å². The number of nitrogens with one attached hydrogen (secondary N) is 1. The van der Waals surface area contributed by atoms with Gasteiger partial charge in [-0.1, -0.05) is 36.7 Å². The lowest BCUT2D eigenvalue weighted by molar-refractivity contribution is -0.141. The molecule has 192 valence electrons. The Hall–Kier alpha value is -2.78. The summed E-state index contributed by atoms with van der Waals surface area (Å²) in [6.07, 6.45) is 1.92. The lowest BCUT2D eigenvalue weighted by Gasteiger charge is -2.31. The molecule has 0 heterocycles. The molecule has 2 aromatic carbocycles. The SMILES string of the molecule is CCNC(=O)C(CC)N(Cc1ccccc1Cl)C(=O)CCCN(c1ccc(OC)cc1)S(C)(=O)=O. The standard InChI is InChI=1S/C25H34ClN3O5S/c1-5-23(25(31)27-6-2)28(18-19-10-7-8-11-22(19)26)24(30)12-9-17-29(35(4,32)33)20-13-15-21(34-3)16-14-20/h7-8,10-11,13-16,23H,5-6,9,12,17-18H2,1-4H3,(H,27,31). The van der Waals surface area contributed by atoms with Crippen molar-refractivity contribution in [1.29, 1.82) is 0 Å². The van der Waals surface area contributed by atoms with Crippen LogP contribution < -0.4 is 14.4 Å². The summed E-state index contributed by atoms with van der Waals surface area (Å²) in [6, 6.07) is 13.2. The van der Waals surface area contributed by atoms with E-state index in [1.54, 1.807) is 36.4 Å². The summed E-state index contributed by atoms with van der Waals surface area (Å²) in [6.45, 7) is 4.43. The second-order valence-electron chi connectivity index (χ2n) is 8.07. The van der Waals surface area contributed by atoms with E-state index in [1.165, 1.54) is 16.3 Å². The zero-order chi connectivity index (χ0) is 26.0. The second kappa shape index (κ2) is 13.3. The van der Waals surface area contributed by atoms with Gasteiger partial charge in [0.05, 0.1) is 19.1 Å². The van der Waals surface area contributed by atoms with Crippen LogP contribution in [-0.4, -0.2) is 57.6 Å². The Bertz CT molecular complexity index is 1090. The Balaban J connectivity index is 2.20. The van der Waals surface area contributed by atoms with Crippen molar-refractivity contribution >= 4 is 39.1 Å². The molecule has 2 rings (SSSR count). The normalized spacial score (nSPS) is 12.0. The number of ether oxygens (including phenoxy) is 1. The first-order valence-electron chi connectivity index (χ1n) is 11.5. The van der Waals surface area contributed by atoms with Gasteiger partial charge in [-0.25, -0.2) is 8.42 Å². The molecule has 0 bridgehead atoms. The Labute approximate surface area is 213 Å². The fraction of sp³-hybridized carbons (Fsp3) is 0.440. The van der Waals surface area contributed by atoms with Crippen molar-refractivity contribution in [2.24, 2.45) is 0 Å². The number of methoxy groups -OCH3 is 1. The van der Waals surface area contributed by atoms with Gasteiger partial charge in [-0.2, -0.15) is 0 Å². The van der Waals surface area contributed by atoms with Gasteiger partial charge < -0.3 is 15.0 Å². The first-order valence-corrected chi connectivity index (χ1v) is 13.8. The molecule has 0 saturated heterocycles. The lowest BCUT2D eigenvalue weighted by atomic mass is 10.1. The molecule has 0 saturated carbocycles. The van der Waals surface area contributed by atoms with E-state index in [0.717, 1.165) is 11.8 Å². The number of rotatable bonds is 13. The predicted molar refractivity (Wildman–Crippen MR) is 139 cm³/mol. The molecule has 0 aliphatic carbocycles. The average Bonchev–Trinajstić information content (AvgIpc) is 2.82. The van der Waals surface area contributed by atoms with E-state index in [2.05, 4.69) is 5.32 Å². The van der Waals surface area contributed by atoms with Crippen LogP contribution in [0, 0.1) is 0 Å². The Morgan fingerprint density at radius 2 is 1.74 bits per heavy atom. The van der Waals surface area contributed by atoms with Crippen LogP contribution in [0.25, 0.3) is 0 Å². The van der Waals surface area contributed by atoms with Gasteiger partial charge in [-0.3, -0.25) is 13.9 Å². The lowest BCUT2D eigenvalue weighted by Crippen LogP contribution is -2.49. The minimum absolute atomic E-state index is 0.0720. The third kappa shape index (κ3) is 8.14. The summed E-state index contributed by atoms with van der Waals surface area (Å²) in [4.78, 5) is 27.6. The highest BCUT2D eigenvalue weighted by Crippen LogP contribution is 2.23. The number of carbonyl (C=O) groups is 2. The zero-order valence-electron chi connectivity index (χ0n) is 20.7. The molecule has 1 atom stereocenters. The highest BCUT2D eigenvalue weighted by molar-refractivity contribution is 7.92. The zero-order valence-corrected chi connectivity index (χ0v) is 22.2. The maximum absolute atomic E-state index is 13.3. The highest BCUT2D eigenvalue weighted by Gasteiger charge is 2.29. The number of sulfonamides is 1. The molecule has 1 unspecified atom stereocenters. The van der Waals surface area contributed by atoms with Crippen molar-refractivity contribution in [3.8, 4) is 5.75 Å². The average molecular weight is 524 g/mol. The highest BCUT2D eigenvalue weighted by atomic mass is 35.5. The Morgan fingerprint density at radius 3 is 2.29 bits per heavy atom. The third-order valence-corrected chi connectivity index (χ3v) is 7.11. The molecule has 0 aliphatic rings. The summed E-state index contributed by atoms with van der Waals surface area (Å²) in [5, 5.41) is 3.31. The Kier molecular flexibility index (Phi) is 10.9. The van der Waals surface area contributed by atoms with Crippen molar-refractivity contribution in [2.45, 2.75) is 45.7 Å². The van der Waals surface area contributed by atoms with Gasteiger partial charge in [0.1, 0.15) is 11.8 Å². The fourth-order valence-electron chi connectivity index (χ4n) is 3.77. The molecule has 0 spiro atoms. The largest absolute Gasteiger partial charge is 0.497 e. The summed E-state index contributed by atoms with van der Waals surface area (Å²) in [5.74, 6) is 0.140. The number of hydrogen-bond acceptors (Lipinski definition) is 5. The van der Waals surface area contributed by atoms with Gasteiger partial charge in [0.2, 0.25) is 21.8 Å². The van der Waals surface area contributed by atoms with Crippen molar-refractivity contribution in [2.75, 3.05) is 30.8 Å². The fourth-order valence-corrected chi connectivity index (χ4v) is 4.93. The van der Waals surface area contributed by atoms with E-state index in [-0.39, 0.29) is 37.7 Å². The van der Waals surface area contributed by atoms with Gasteiger partial charge in [-0.15, -0.1) is 0 Å². The molecule has 0 radical (unpaired) electrons. The van der Waals surface area contributed by atoms with E-state index >= 15 is 0 Å². The van der Waals surface area contributed by atoms with Gasteiger partial charge in [0, 0.05) is 31.1 Å². The first-order chi connectivity index (χ1) is 16.6. The van der Waals surface area contributed by atoms with Crippen LogP contribution in [0.15, 0.2) is 48.5 Å². The molecule has 10 heteroatoms. The summed E-state index contributed by atoms with van der Waals surface area (Å²) in [7, 11) is -2.03. The molecule has 2 aromatic rings. The molecule has 0 aliphatic heterocycles. The van der Waals surface area contributed by atoms with Crippen LogP contribution in [0.3, 0.4) is 0 Å². The van der Waals surface area contributed by atoms with Crippen LogP contribution in [-0.2, 0) is 26.2 Å². The van der Waals surface area contributed by atoms with Crippen molar-refractivity contribution < 1.29 is 22.7 Å². The second-order valence-corrected chi connectivity index (χ2v) is 10.4. The molecular weight excluding hydrogens is 490 g/mol. The molecule has 0 fully saturated rings. The number of carbonyl (C=O) groups excluding carboxylic acids is 2. The van der Waals surface area contributed by atoms with Crippen LogP contribution >= 0.6 is 11.6 Å². The van der Waals surface area contributed by atoms with Crippen LogP contribution in [0.5, 0.6) is 5.75 Å². The Morgan fingerprint density at radius 1 is 1.09 bits per heavy atom. The summed E-state index contributed by atoms with van der Waals surface area (Å²) >= 11 is 6.33. The number of anilines is 1. The van der Waals surface area contributed by atoms with E-state index in [9.17, 15) is 18.0 Å². The number of amides is 2. The predicted octanol–water partition coefficient (Wildman–Crippen LogP) is 3.84. The van der Waals surface area contributed by atoms with Crippen LogP contribution in [0.2, 0.25) is 5.02 Å².